The molecule has 1 aromatic heterocycles. The first kappa shape index (κ1) is 11.2. The standard InChI is InChI=1S/C12H15NO3/c1-2-9-3-4-10(16-9)11(14)12(7-13)5-6-15-8-12/h3-4,11,14H,2,5-6,8H2,1H3. The highest BCUT2D eigenvalue weighted by Gasteiger charge is 2.44. The summed E-state index contributed by atoms with van der Waals surface area (Å²) in [7, 11) is 0. The molecule has 0 spiro atoms. The monoisotopic (exact) mass is 221 g/mol. The van der Waals surface area contributed by atoms with Crippen molar-refractivity contribution in [3.05, 3.63) is 23.7 Å². The van der Waals surface area contributed by atoms with Crippen molar-refractivity contribution >= 4 is 0 Å². The molecule has 0 aliphatic carbocycles. The minimum atomic E-state index is -0.903. The topological polar surface area (TPSA) is 66.4 Å². The highest BCUT2D eigenvalue weighted by molar-refractivity contribution is 5.17. The van der Waals surface area contributed by atoms with Crippen LogP contribution in [0.5, 0.6) is 0 Å². The van der Waals surface area contributed by atoms with Crippen molar-refractivity contribution in [2.24, 2.45) is 5.41 Å². The molecule has 0 radical (unpaired) electrons. The van der Waals surface area contributed by atoms with E-state index in [2.05, 4.69) is 6.07 Å². The lowest BCUT2D eigenvalue weighted by Gasteiger charge is -2.23. The second kappa shape index (κ2) is 4.28. The van der Waals surface area contributed by atoms with Gasteiger partial charge in [-0.15, -0.1) is 0 Å². The third kappa shape index (κ3) is 1.73. The van der Waals surface area contributed by atoms with Crippen molar-refractivity contribution in [1.29, 1.82) is 5.26 Å². The summed E-state index contributed by atoms with van der Waals surface area (Å²) in [6.45, 7) is 2.77. The molecule has 0 saturated carbocycles. The van der Waals surface area contributed by atoms with E-state index in [-0.39, 0.29) is 6.61 Å². The Labute approximate surface area is 94.4 Å². The van der Waals surface area contributed by atoms with Crippen LogP contribution in [0.1, 0.15) is 31.0 Å². The van der Waals surface area contributed by atoms with E-state index in [1.165, 1.54) is 0 Å². The molecule has 1 N–H and O–H groups in total. The number of ether oxygens (including phenoxy) is 1. The fourth-order valence-corrected chi connectivity index (χ4v) is 1.95. The predicted molar refractivity (Wildman–Crippen MR) is 56.5 cm³/mol. The minimum absolute atomic E-state index is 0.271. The Morgan fingerprint density at radius 2 is 2.44 bits per heavy atom. The first-order chi connectivity index (χ1) is 7.72. The molecule has 0 bridgehead atoms. The summed E-state index contributed by atoms with van der Waals surface area (Å²) in [5.74, 6) is 1.28. The fraction of sp³-hybridized carbons (Fsp3) is 0.583. The number of hydrogen-bond acceptors (Lipinski definition) is 4. The van der Waals surface area contributed by atoms with Crippen molar-refractivity contribution in [2.75, 3.05) is 13.2 Å². The van der Waals surface area contributed by atoms with Crippen molar-refractivity contribution in [3.8, 4) is 6.07 Å². The Morgan fingerprint density at radius 1 is 1.62 bits per heavy atom. The number of nitriles is 1. The van der Waals surface area contributed by atoms with Gasteiger partial charge in [-0.05, 0) is 18.6 Å². The lowest BCUT2D eigenvalue weighted by Crippen LogP contribution is -2.27. The quantitative estimate of drug-likeness (QED) is 0.845. The van der Waals surface area contributed by atoms with Gasteiger partial charge < -0.3 is 14.3 Å². The van der Waals surface area contributed by atoms with Crippen LogP contribution < -0.4 is 0 Å². The lowest BCUT2D eigenvalue weighted by atomic mass is 9.82. The van der Waals surface area contributed by atoms with E-state index >= 15 is 0 Å². The van der Waals surface area contributed by atoms with Crippen LogP contribution in [-0.4, -0.2) is 18.3 Å². The largest absolute Gasteiger partial charge is 0.463 e. The van der Waals surface area contributed by atoms with Crippen LogP contribution in [0.2, 0.25) is 0 Å². The molecule has 1 aromatic rings. The van der Waals surface area contributed by atoms with Gasteiger partial charge in [-0.25, -0.2) is 0 Å². The Hall–Kier alpha value is -1.31. The molecule has 4 heteroatoms. The number of aliphatic hydroxyl groups excluding tert-OH is 1. The summed E-state index contributed by atoms with van der Waals surface area (Å²) in [4.78, 5) is 0. The molecule has 4 nitrogen and oxygen atoms in total. The van der Waals surface area contributed by atoms with Crippen LogP contribution in [-0.2, 0) is 11.2 Å². The van der Waals surface area contributed by atoms with Crippen LogP contribution in [0, 0.1) is 16.7 Å². The summed E-state index contributed by atoms with van der Waals surface area (Å²) >= 11 is 0. The van der Waals surface area contributed by atoms with Gasteiger partial charge in [-0.3, -0.25) is 0 Å². The van der Waals surface area contributed by atoms with Gasteiger partial charge in [-0.1, -0.05) is 6.92 Å². The molecule has 0 aromatic carbocycles. The number of aliphatic hydroxyl groups is 1. The zero-order chi connectivity index (χ0) is 11.6. The van der Waals surface area contributed by atoms with Gasteiger partial charge in [0.25, 0.3) is 0 Å². The van der Waals surface area contributed by atoms with Crippen LogP contribution in [0.3, 0.4) is 0 Å². The summed E-state index contributed by atoms with van der Waals surface area (Å²) in [5.41, 5.74) is -0.844. The van der Waals surface area contributed by atoms with E-state index in [0.717, 1.165) is 12.2 Å². The molecule has 1 saturated heterocycles. The maximum Gasteiger partial charge on any atom is 0.134 e. The summed E-state index contributed by atoms with van der Waals surface area (Å²) in [5, 5.41) is 19.4. The Balaban J connectivity index is 2.23. The van der Waals surface area contributed by atoms with Crippen molar-refractivity contribution in [3.63, 3.8) is 0 Å². The predicted octanol–water partition coefficient (Wildman–Crippen LogP) is 1.81. The third-order valence-corrected chi connectivity index (χ3v) is 3.10. The maximum atomic E-state index is 10.2. The summed E-state index contributed by atoms with van der Waals surface area (Å²) < 4.78 is 10.7. The van der Waals surface area contributed by atoms with Gasteiger partial charge in [-0.2, -0.15) is 5.26 Å². The summed E-state index contributed by atoms with van der Waals surface area (Å²) in [6.07, 6.45) is 0.426. The van der Waals surface area contributed by atoms with Crippen LogP contribution >= 0.6 is 0 Å². The molecule has 16 heavy (non-hydrogen) atoms. The van der Waals surface area contributed by atoms with Crippen molar-refractivity contribution in [2.45, 2.75) is 25.9 Å². The second-order valence-electron chi connectivity index (χ2n) is 4.13. The molecule has 1 fully saturated rings. The Bertz CT molecular complexity index is 399. The average Bonchev–Trinajstić information content (AvgIpc) is 2.98. The Kier molecular flexibility index (Phi) is 2.99. The van der Waals surface area contributed by atoms with Gasteiger partial charge in [0, 0.05) is 13.0 Å². The van der Waals surface area contributed by atoms with E-state index in [1.54, 1.807) is 6.07 Å². The van der Waals surface area contributed by atoms with Gasteiger partial charge in [0.15, 0.2) is 0 Å². The van der Waals surface area contributed by atoms with Gasteiger partial charge in [0.1, 0.15) is 23.0 Å². The lowest BCUT2D eigenvalue weighted by molar-refractivity contribution is 0.0336. The molecule has 2 atom stereocenters. The minimum Gasteiger partial charge on any atom is -0.463 e. The molecular formula is C12H15NO3. The van der Waals surface area contributed by atoms with Crippen LogP contribution in [0.25, 0.3) is 0 Å². The smallest absolute Gasteiger partial charge is 0.134 e. The normalized spacial score (nSPS) is 26.6. The summed E-state index contributed by atoms with van der Waals surface area (Å²) in [6, 6.07) is 5.74. The van der Waals surface area contributed by atoms with Crippen molar-refractivity contribution < 1.29 is 14.3 Å². The molecule has 1 aliphatic heterocycles. The molecule has 0 amide bonds. The average molecular weight is 221 g/mol. The first-order valence-electron chi connectivity index (χ1n) is 5.47. The SMILES string of the molecule is CCc1ccc(C(O)C2(C#N)CCOC2)o1. The van der Waals surface area contributed by atoms with E-state index in [9.17, 15) is 10.4 Å². The number of hydrogen-bond donors (Lipinski definition) is 1. The zero-order valence-electron chi connectivity index (χ0n) is 9.27. The molecule has 2 unspecified atom stereocenters. The number of furan rings is 1. The fourth-order valence-electron chi connectivity index (χ4n) is 1.95. The van der Waals surface area contributed by atoms with Gasteiger partial charge in [0.2, 0.25) is 0 Å². The van der Waals surface area contributed by atoms with Gasteiger partial charge >= 0.3 is 0 Å². The number of aryl methyl sites for hydroxylation is 1. The van der Waals surface area contributed by atoms with E-state index < -0.39 is 11.5 Å². The highest BCUT2D eigenvalue weighted by atomic mass is 16.5. The second-order valence-corrected chi connectivity index (χ2v) is 4.13. The maximum absolute atomic E-state index is 10.2. The van der Waals surface area contributed by atoms with E-state index in [4.69, 9.17) is 9.15 Å². The third-order valence-electron chi connectivity index (χ3n) is 3.10. The van der Waals surface area contributed by atoms with E-state index in [0.29, 0.717) is 18.8 Å². The molecule has 86 valence electrons. The van der Waals surface area contributed by atoms with Crippen LogP contribution in [0.4, 0.5) is 0 Å². The molecule has 1 aliphatic rings. The van der Waals surface area contributed by atoms with Crippen LogP contribution in [0.15, 0.2) is 16.5 Å². The highest BCUT2D eigenvalue weighted by Crippen LogP contribution is 2.40. The number of nitrogens with zero attached hydrogens (tertiary/aromatic N) is 1. The molecular weight excluding hydrogens is 206 g/mol. The van der Waals surface area contributed by atoms with E-state index in [1.807, 2.05) is 13.0 Å². The molecule has 2 heterocycles. The zero-order valence-corrected chi connectivity index (χ0v) is 9.27. The Morgan fingerprint density at radius 3 is 2.94 bits per heavy atom. The van der Waals surface area contributed by atoms with Crippen molar-refractivity contribution in [1.82, 2.24) is 0 Å². The number of rotatable bonds is 3. The molecule has 2 rings (SSSR count). The first-order valence-corrected chi connectivity index (χ1v) is 5.47. The van der Waals surface area contributed by atoms with Gasteiger partial charge in [0.05, 0.1) is 12.7 Å².